The van der Waals surface area contributed by atoms with Crippen molar-refractivity contribution in [3.8, 4) is 0 Å². The number of hydrogen-bond acceptors (Lipinski definition) is 3. The highest BCUT2D eigenvalue weighted by molar-refractivity contribution is 5.96. The molecule has 1 aromatic heterocycles. The molecular formula is C11H11F3N2O5. The summed E-state index contributed by atoms with van der Waals surface area (Å²) in [6.45, 7) is -1.42. The van der Waals surface area contributed by atoms with Crippen LogP contribution in [0.15, 0.2) is 18.3 Å². The molecule has 0 aliphatic carbocycles. The molecule has 7 nitrogen and oxygen atoms in total. The van der Waals surface area contributed by atoms with E-state index in [0.717, 1.165) is 12.3 Å². The van der Waals surface area contributed by atoms with Crippen molar-refractivity contribution in [2.45, 2.75) is 25.2 Å². The summed E-state index contributed by atoms with van der Waals surface area (Å²) in [4.78, 5) is 33.0. The van der Waals surface area contributed by atoms with Crippen LogP contribution in [0.2, 0.25) is 0 Å². The largest absolute Gasteiger partial charge is 0.481 e. The number of nitrogens with zero attached hydrogens (tertiary/aromatic N) is 1. The van der Waals surface area contributed by atoms with Gasteiger partial charge in [0.1, 0.15) is 18.3 Å². The number of amides is 1. The quantitative estimate of drug-likeness (QED) is 0.717. The Morgan fingerprint density at radius 2 is 1.90 bits per heavy atom. The highest BCUT2D eigenvalue weighted by Gasteiger charge is 2.30. The van der Waals surface area contributed by atoms with Crippen LogP contribution in [0.25, 0.3) is 0 Å². The number of carboxylic acid groups (broad SMARTS) is 2. The van der Waals surface area contributed by atoms with E-state index in [1.54, 1.807) is 0 Å². The fourth-order valence-electron chi connectivity index (χ4n) is 1.56. The van der Waals surface area contributed by atoms with Gasteiger partial charge in [0.15, 0.2) is 0 Å². The number of nitrogens with one attached hydrogen (secondary N) is 1. The van der Waals surface area contributed by atoms with E-state index in [1.165, 1.54) is 6.07 Å². The second-order valence-corrected chi connectivity index (χ2v) is 4.10. The van der Waals surface area contributed by atoms with Crippen LogP contribution in [-0.2, 0) is 16.1 Å². The van der Waals surface area contributed by atoms with E-state index in [-0.39, 0.29) is 0 Å². The molecule has 0 fully saturated rings. The van der Waals surface area contributed by atoms with Crippen LogP contribution in [0.1, 0.15) is 16.9 Å². The molecule has 1 rings (SSSR count). The number of aliphatic carboxylic acids is 2. The van der Waals surface area contributed by atoms with Crippen LogP contribution in [0, 0.1) is 0 Å². The van der Waals surface area contributed by atoms with Crippen LogP contribution in [0.4, 0.5) is 13.2 Å². The normalized spacial score (nSPS) is 12.7. The molecular weight excluding hydrogens is 297 g/mol. The molecule has 1 atom stereocenters. The molecule has 21 heavy (non-hydrogen) atoms. The van der Waals surface area contributed by atoms with E-state index >= 15 is 0 Å². The third-order valence-electron chi connectivity index (χ3n) is 2.39. The van der Waals surface area contributed by atoms with E-state index in [4.69, 9.17) is 10.2 Å². The lowest BCUT2D eigenvalue weighted by molar-refractivity contribution is -0.145. The Bertz CT molecular complexity index is 552. The third kappa shape index (κ3) is 5.16. The number of rotatable bonds is 6. The van der Waals surface area contributed by atoms with Gasteiger partial charge in [-0.3, -0.25) is 9.59 Å². The second kappa shape index (κ2) is 6.29. The summed E-state index contributed by atoms with van der Waals surface area (Å²) < 4.78 is 37.5. The Hall–Kier alpha value is -2.52. The van der Waals surface area contributed by atoms with Gasteiger partial charge < -0.3 is 20.1 Å². The van der Waals surface area contributed by atoms with Crippen LogP contribution in [0.5, 0.6) is 0 Å². The monoisotopic (exact) mass is 308 g/mol. The molecule has 0 saturated heterocycles. The molecule has 0 spiro atoms. The van der Waals surface area contributed by atoms with Gasteiger partial charge >= 0.3 is 18.1 Å². The Kier molecular flexibility index (Phi) is 4.95. The minimum absolute atomic E-state index is 0.413. The zero-order valence-electron chi connectivity index (χ0n) is 10.4. The maximum atomic E-state index is 12.3. The maximum absolute atomic E-state index is 12.3. The molecule has 0 aliphatic heterocycles. The van der Waals surface area contributed by atoms with Gasteiger partial charge in [-0.2, -0.15) is 13.2 Å². The van der Waals surface area contributed by atoms with Crippen LogP contribution >= 0.6 is 0 Å². The number of aromatic nitrogens is 1. The number of halogens is 3. The van der Waals surface area contributed by atoms with Gasteiger partial charge in [0.05, 0.1) is 6.42 Å². The van der Waals surface area contributed by atoms with Crippen LogP contribution in [-0.4, -0.2) is 44.8 Å². The van der Waals surface area contributed by atoms with E-state index in [1.807, 2.05) is 5.32 Å². The smallest absolute Gasteiger partial charge is 0.406 e. The van der Waals surface area contributed by atoms with E-state index in [9.17, 15) is 27.6 Å². The van der Waals surface area contributed by atoms with Crippen molar-refractivity contribution in [2.75, 3.05) is 0 Å². The molecule has 0 aliphatic rings. The van der Waals surface area contributed by atoms with Crippen molar-refractivity contribution in [2.24, 2.45) is 0 Å². The molecule has 1 heterocycles. The molecule has 0 saturated carbocycles. The van der Waals surface area contributed by atoms with Gasteiger partial charge in [0.25, 0.3) is 5.91 Å². The zero-order valence-corrected chi connectivity index (χ0v) is 10.4. The van der Waals surface area contributed by atoms with Crippen molar-refractivity contribution < 1.29 is 37.8 Å². The first-order chi connectivity index (χ1) is 9.60. The summed E-state index contributed by atoms with van der Waals surface area (Å²) in [7, 11) is 0. The van der Waals surface area contributed by atoms with Gasteiger partial charge in [-0.15, -0.1) is 0 Å². The van der Waals surface area contributed by atoms with Gasteiger partial charge in [0.2, 0.25) is 0 Å². The number of carbonyl (C=O) groups excluding carboxylic acids is 1. The minimum Gasteiger partial charge on any atom is -0.481 e. The Morgan fingerprint density at radius 1 is 1.29 bits per heavy atom. The molecule has 0 unspecified atom stereocenters. The average Bonchev–Trinajstić information content (AvgIpc) is 2.72. The summed E-state index contributed by atoms with van der Waals surface area (Å²) >= 11 is 0. The predicted octanol–water partition coefficient (Wildman–Crippen LogP) is 0.708. The standard InChI is InChI=1S/C11H11F3N2O5/c12-11(13,14)5-16-3-1-2-7(16)9(19)15-6(10(20)21)4-8(17)18/h1-3,6H,4-5H2,(H,15,19)(H,17,18)(H,20,21)/t6-/m1/s1. The molecule has 0 radical (unpaired) electrons. The first-order valence-corrected chi connectivity index (χ1v) is 5.57. The lowest BCUT2D eigenvalue weighted by atomic mass is 10.2. The predicted molar refractivity (Wildman–Crippen MR) is 61.6 cm³/mol. The molecule has 0 aromatic carbocycles. The van der Waals surface area contributed by atoms with E-state index < -0.39 is 48.7 Å². The first kappa shape index (κ1) is 16.5. The van der Waals surface area contributed by atoms with Crippen LogP contribution < -0.4 is 5.32 Å². The summed E-state index contributed by atoms with van der Waals surface area (Å²) in [5.41, 5.74) is -0.413. The fourth-order valence-corrected chi connectivity index (χ4v) is 1.56. The second-order valence-electron chi connectivity index (χ2n) is 4.10. The average molecular weight is 308 g/mol. The Morgan fingerprint density at radius 3 is 2.38 bits per heavy atom. The van der Waals surface area contributed by atoms with Crippen molar-refractivity contribution in [3.63, 3.8) is 0 Å². The Labute approximate surface area is 116 Å². The molecule has 3 N–H and O–H groups in total. The van der Waals surface area contributed by atoms with Crippen molar-refractivity contribution in [1.29, 1.82) is 0 Å². The number of carbonyl (C=O) groups is 3. The van der Waals surface area contributed by atoms with Gasteiger partial charge in [-0.1, -0.05) is 0 Å². The Balaban J connectivity index is 2.86. The van der Waals surface area contributed by atoms with Crippen molar-refractivity contribution >= 4 is 17.8 Å². The SMILES string of the molecule is O=C(O)C[C@@H](NC(=O)c1cccn1CC(F)(F)F)C(=O)O. The maximum Gasteiger partial charge on any atom is 0.406 e. The lowest BCUT2D eigenvalue weighted by Crippen LogP contribution is -2.43. The molecule has 1 aromatic rings. The number of alkyl halides is 3. The van der Waals surface area contributed by atoms with E-state index in [0.29, 0.717) is 4.57 Å². The highest BCUT2D eigenvalue weighted by Crippen LogP contribution is 2.19. The third-order valence-corrected chi connectivity index (χ3v) is 2.39. The summed E-state index contributed by atoms with van der Waals surface area (Å²) in [5.74, 6) is -4.16. The van der Waals surface area contributed by atoms with Crippen molar-refractivity contribution in [3.05, 3.63) is 24.0 Å². The zero-order chi connectivity index (χ0) is 16.2. The lowest BCUT2D eigenvalue weighted by Gasteiger charge is -2.15. The first-order valence-electron chi connectivity index (χ1n) is 5.57. The van der Waals surface area contributed by atoms with Gasteiger partial charge in [-0.25, -0.2) is 4.79 Å². The van der Waals surface area contributed by atoms with Crippen molar-refractivity contribution in [1.82, 2.24) is 9.88 Å². The molecule has 116 valence electrons. The van der Waals surface area contributed by atoms with E-state index in [2.05, 4.69) is 0 Å². The number of hydrogen-bond donors (Lipinski definition) is 3. The number of carboxylic acids is 2. The van der Waals surface area contributed by atoms with Crippen LogP contribution in [0.3, 0.4) is 0 Å². The van der Waals surface area contributed by atoms with Gasteiger partial charge in [0, 0.05) is 6.20 Å². The topological polar surface area (TPSA) is 109 Å². The fraction of sp³-hybridized carbons (Fsp3) is 0.364. The molecule has 10 heteroatoms. The summed E-state index contributed by atoms with van der Waals surface area (Å²) in [5, 5.41) is 19.1. The minimum atomic E-state index is -4.55. The summed E-state index contributed by atoms with van der Waals surface area (Å²) in [6.07, 6.45) is -4.43. The molecule has 0 bridgehead atoms. The van der Waals surface area contributed by atoms with Gasteiger partial charge in [-0.05, 0) is 12.1 Å². The summed E-state index contributed by atoms with van der Waals surface area (Å²) in [6, 6.07) is 0.526. The molecule has 1 amide bonds. The highest BCUT2D eigenvalue weighted by atomic mass is 19.4.